The van der Waals surface area contributed by atoms with Crippen LogP contribution in [0.5, 0.6) is 5.75 Å². The number of piperazine rings is 1. The van der Waals surface area contributed by atoms with Crippen molar-refractivity contribution in [1.29, 1.82) is 0 Å². The van der Waals surface area contributed by atoms with Gasteiger partial charge >= 0.3 is 0 Å². The molecule has 0 radical (unpaired) electrons. The second-order valence-electron chi connectivity index (χ2n) is 6.79. The number of carbonyl (C=O) groups is 1. The van der Waals surface area contributed by atoms with Crippen LogP contribution in [-0.4, -0.2) is 50.6 Å². The number of rotatable bonds is 6. The molecule has 1 amide bonds. The largest absolute Gasteiger partial charge is 0.484 e. The van der Waals surface area contributed by atoms with E-state index in [1.165, 1.54) is 5.56 Å². The van der Waals surface area contributed by atoms with Crippen molar-refractivity contribution in [3.05, 3.63) is 53.1 Å². The standard InChI is InChI=1S/C21H26ClN3O2/c1-3-16-4-7-18(8-5-16)27-15-21(26)23-19-14-17(22)6-9-20(19)25-12-10-24(2)11-13-25/h4-9,14H,3,10-13,15H2,1-2H3,(H,23,26). The molecule has 0 atom stereocenters. The summed E-state index contributed by atoms with van der Waals surface area (Å²) in [5.41, 5.74) is 2.96. The molecule has 1 heterocycles. The Morgan fingerprint density at radius 2 is 1.81 bits per heavy atom. The van der Waals surface area contributed by atoms with E-state index in [0.717, 1.165) is 44.0 Å². The van der Waals surface area contributed by atoms with Crippen LogP contribution in [0.3, 0.4) is 0 Å². The normalized spacial score (nSPS) is 14.9. The van der Waals surface area contributed by atoms with E-state index in [9.17, 15) is 4.79 Å². The SMILES string of the molecule is CCc1ccc(OCC(=O)Nc2cc(Cl)ccc2N2CCN(C)CC2)cc1. The number of hydrogen-bond donors (Lipinski definition) is 1. The van der Waals surface area contributed by atoms with Gasteiger partial charge in [-0.2, -0.15) is 0 Å². The third-order valence-electron chi connectivity index (χ3n) is 4.78. The summed E-state index contributed by atoms with van der Waals surface area (Å²) in [5.74, 6) is 0.486. The Labute approximate surface area is 165 Å². The number of hydrogen-bond acceptors (Lipinski definition) is 4. The van der Waals surface area contributed by atoms with E-state index in [-0.39, 0.29) is 12.5 Å². The number of likely N-dealkylation sites (N-methyl/N-ethyl adjacent to an activating group) is 1. The van der Waals surface area contributed by atoms with Gasteiger partial charge in [0.15, 0.2) is 6.61 Å². The van der Waals surface area contributed by atoms with Gasteiger partial charge in [-0.05, 0) is 49.4 Å². The van der Waals surface area contributed by atoms with Crippen molar-refractivity contribution < 1.29 is 9.53 Å². The number of amides is 1. The molecule has 0 bridgehead atoms. The average Bonchev–Trinajstić information content (AvgIpc) is 2.68. The maximum atomic E-state index is 12.4. The molecule has 1 saturated heterocycles. The van der Waals surface area contributed by atoms with Gasteiger partial charge < -0.3 is 19.9 Å². The molecule has 3 rings (SSSR count). The van der Waals surface area contributed by atoms with Crippen LogP contribution in [-0.2, 0) is 11.2 Å². The number of nitrogens with one attached hydrogen (secondary N) is 1. The lowest BCUT2D eigenvalue weighted by molar-refractivity contribution is -0.118. The number of carbonyl (C=O) groups excluding carboxylic acids is 1. The quantitative estimate of drug-likeness (QED) is 0.821. The van der Waals surface area contributed by atoms with Crippen LogP contribution in [0.25, 0.3) is 0 Å². The van der Waals surface area contributed by atoms with Gasteiger partial charge in [-0.3, -0.25) is 4.79 Å². The van der Waals surface area contributed by atoms with Crippen molar-refractivity contribution in [3.8, 4) is 5.75 Å². The lowest BCUT2D eigenvalue weighted by Crippen LogP contribution is -2.44. The predicted octanol–water partition coefficient (Wildman–Crippen LogP) is 3.67. The fraction of sp³-hybridized carbons (Fsp3) is 0.381. The van der Waals surface area contributed by atoms with Crippen molar-refractivity contribution >= 4 is 28.9 Å². The first kappa shape index (κ1) is 19.5. The summed E-state index contributed by atoms with van der Waals surface area (Å²) in [7, 11) is 2.12. The van der Waals surface area contributed by atoms with Crippen LogP contribution in [0.2, 0.25) is 5.02 Å². The van der Waals surface area contributed by atoms with E-state index >= 15 is 0 Å². The van der Waals surface area contributed by atoms with Crippen molar-refractivity contribution in [2.45, 2.75) is 13.3 Å². The van der Waals surface area contributed by atoms with Gasteiger partial charge in [0.25, 0.3) is 5.91 Å². The lowest BCUT2D eigenvalue weighted by Gasteiger charge is -2.35. The van der Waals surface area contributed by atoms with Crippen molar-refractivity contribution in [2.75, 3.05) is 50.1 Å². The second-order valence-corrected chi connectivity index (χ2v) is 7.22. The van der Waals surface area contributed by atoms with Gasteiger partial charge in [0.2, 0.25) is 0 Å². The molecule has 6 heteroatoms. The van der Waals surface area contributed by atoms with E-state index in [2.05, 4.69) is 29.1 Å². The summed E-state index contributed by atoms with van der Waals surface area (Å²) in [6.45, 7) is 5.88. The zero-order valence-electron chi connectivity index (χ0n) is 15.9. The first-order chi connectivity index (χ1) is 13.0. The van der Waals surface area contributed by atoms with Gasteiger partial charge in [-0.1, -0.05) is 30.7 Å². The van der Waals surface area contributed by atoms with Crippen LogP contribution in [0, 0.1) is 0 Å². The number of ether oxygens (including phenoxy) is 1. The lowest BCUT2D eigenvalue weighted by atomic mass is 10.2. The van der Waals surface area contributed by atoms with Crippen LogP contribution >= 0.6 is 11.6 Å². The second kappa shape index (κ2) is 9.11. The summed E-state index contributed by atoms with van der Waals surface area (Å²) in [6, 6.07) is 13.4. The number of benzene rings is 2. The molecule has 144 valence electrons. The van der Waals surface area contributed by atoms with E-state index < -0.39 is 0 Å². The highest BCUT2D eigenvalue weighted by Crippen LogP contribution is 2.30. The molecule has 0 aromatic heterocycles. The number of aryl methyl sites for hydroxylation is 1. The minimum Gasteiger partial charge on any atom is -0.484 e. The minimum atomic E-state index is -0.202. The fourth-order valence-corrected chi connectivity index (χ4v) is 3.26. The van der Waals surface area contributed by atoms with Crippen molar-refractivity contribution in [3.63, 3.8) is 0 Å². The third-order valence-corrected chi connectivity index (χ3v) is 5.01. The van der Waals surface area contributed by atoms with E-state index in [1.807, 2.05) is 36.4 Å². The molecule has 27 heavy (non-hydrogen) atoms. The molecule has 1 aliphatic rings. The molecular formula is C21H26ClN3O2. The summed E-state index contributed by atoms with van der Waals surface area (Å²) in [6.07, 6.45) is 0.977. The van der Waals surface area contributed by atoms with Crippen molar-refractivity contribution in [1.82, 2.24) is 4.90 Å². The van der Waals surface area contributed by atoms with Crippen LogP contribution in [0.4, 0.5) is 11.4 Å². The molecule has 1 fully saturated rings. The van der Waals surface area contributed by atoms with Gasteiger partial charge in [0.1, 0.15) is 5.75 Å². The summed E-state index contributed by atoms with van der Waals surface area (Å²) in [4.78, 5) is 17.0. The van der Waals surface area contributed by atoms with Crippen molar-refractivity contribution in [2.24, 2.45) is 0 Å². The van der Waals surface area contributed by atoms with Gasteiger partial charge in [0.05, 0.1) is 11.4 Å². The highest BCUT2D eigenvalue weighted by molar-refractivity contribution is 6.31. The first-order valence-corrected chi connectivity index (χ1v) is 9.67. The molecule has 0 unspecified atom stereocenters. The van der Waals surface area contributed by atoms with Crippen LogP contribution < -0.4 is 15.0 Å². The summed E-state index contributed by atoms with van der Waals surface area (Å²) in [5, 5.41) is 3.55. The first-order valence-electron chi connectivity index (χ1n) is 9.30. The molecule has 1 N–H and O–H groups in total. The maximum Gasteiger partial charge on any atom is 0.262 e. The highest BCUT2D eigenvalue weighted by Gasteiger charge is 2.18. The van der Waals surface area contributed by atoms with E-state index in [4.69, 9.17) is 16.3 Å². The summed E-state index contributed by atoms with van der Waals surface area (Å²) < 4.78 is 5.60. The predicted molar refractivity (Wildman–Crippen MR) is 111 cm³/mol. The monoisotopic (exact) mass is 387 g/mol. The Hall–Kier alpha value is -2.24. The fourth-order valence-electron chi connectivity index (χ4n) is 3.09. The molecule has 0 saturated carbocycles. The molecule has 5 nitrogen and oxygen atoms in total. The topological polar surface area (TPSA) is 44.8 Å². The van der Waals surface area contributed by atoms with E-state index in [1.54, 1.807) is 6.07 Å². The van der Waals surface area contributed by atoms with Gasteiger partial charge in [0, 0.05) is 31.2 Å². The Balaban J connectivity index is 1.63. The number of halogens is 1. The van der Waals surface area contributed by atoms with E-state index in [0.29, 0.717) is 10.8 Å². The smallest absolute Gasteiger partial charge is 0.262 e. The molecule has 1 aliphatic heterocycles. The Kier molecular flexibility index (Phi) is 6.58. The molecular weight excluding hydrogens is 362 g/mol. The zero-order chi connectivity index (χ0) is 19.2. The maximum absolute atomic E-state index is 12.4. The highest BCUT2D eigenvalue weighted by atomic mass is 35.5. The molecule has 0 aliphatic carbocycles. The molecule has 0 spiro atoms. The van der Waals surface area contributed by atoms with Gasteiger partial charge in [-0.25, -0.2) is 0 Å². The Morgan fingerprint density at radius 1 is 1.11 bits per heavy atom. The number of anilines is 2. The molecule has 2 aromatic rings. The third kappa shape index (κ3) is 5.37. The Bertz CT molecular complexity index is 771. The van der Waals surface area contributed by atoms with Crippen LogP contribution in [0.1, 0.15) is 12.5 Å². The zero-order valence-corrected chi connectivity index (χ0v) is 16.6. The van der Waals surface area contributed by atoms with Crippen LogP contribution in [0.15, 0.2) is 42.5 Å². The minimum absolute atomic E-state index is 0.0415. The average molecular weight is 388 g/mol. The Morgan fingerprint density at radius 3 is 2.48 bits per heavy atom. The van der Waals surface area contributed by atoms with Gasteiger partial charge in [-0.15, -0.1) is 0 Å². The molecule has 2 aromatic carbocycles. The number of nitrogens with zero attached hydrogens (tertiary/aromatic N) is 2. The summed E-state index contributed by atoms with van der Waals surface area (Å²) >= 11 is 6.15.